The van der Waals surface area contributed by atoms with Crippen molar-refractivity contribution in [1.82, 2.24) is 0 Å². The minimum atomic E-state index is -0.745. The molecule has 0 spiro atoms. The smallest absolute Gasteiger partial charge is 0.303 e. The second-order valence-electron chi connectivity index (χ2n) is 1.90. The molecular weight excluding hydrogens is 172 g/mol. The van der Waals surface area contributed by atoms with Gasteiger partial charge in [-0.05, 0) is 0 Å². The van der Waals surface area contributed by atoms with Crippen LogP contribution in [-0.2, 0) is 4.79 Å². The number of rotatable bonds is 1. The van der Waals surface area contributed by atoms with Crippen molar-refractivity contribution in [1.29, 1.82) is 0 Å². The van der Waals surface area contributed by atoms with Crippen molar-refractivity contribution in [2.45, 2.75) is 13.3 Å². The van der Waals surface area contributed by atoms with Crippen molar-refractivity contribution in [3.63, 3.8) is 0 Å². The molecule has 3 heteroatoms. The molecule has 2 nitrogen and oxygen atoms in total. The lowest BCUT2D eigenvalue weighted by molar-refractivity contribution is -0.136. The Labute approximate surface area is 79.7 Å². The molecule has 0 aliphatic carbocycles. The zero-order valence-electron chi connectivity index (χ0n) is 7.03. The van der Waals surface area contributed by atoms with E-state index in [1.165, 1.54) is 0 Å². The Kier molecular flexibility index (Phi) is 11.4. The van der Waals surface area contributed by atoms with E-state index in [9.17, 15) is 4.79 Å². The van der Waals surface area contributed by atoms with Gasteiger partial charge in [0, 0.05) is 6.42 Å². The van der Waals surface area contributed by atoms with Gasteiger partial charge in [-0.1, -0.05) is 43.3 Å². The summed E-state index contributed by atoms with van der Waals surface area (Å²) in [6.07, 6.45) is 0.222. The molecule has 68 valence electrons. The quantitative estimate of drug-likeness (QED) is 0.730. The predicted molar refractivity (Wildman–Crippen MR) is 54.7 cm³/mol. The largest absolute Gasteiger partial charge is 0.481 e. The minimum absolute atomic E-state index is 0. The van der Waals surface area contributed by atoms with E-state index >= 15 is 0 Å². The molecule has 0 heterocycles. The van der Waals surface area contributed by atoms with Crippen LogP contribution in [0.1, 0.15) is 13.3 Å². The maximum absolute atomic E-state index is 9.37. The first-order valence-electron chi connectivity index (χ1n) is 3.49. The molecule has 0 amide bonds. The summed E-state index contributed by atoms with van der Waals surface area (Å²) < 4.78 is 0. The summed E-state index contributed by atoms with van der Waals surface area (Å²) in [4.78, 5) is 9.37. The number of carboxylic acid groups (broad SMARTS) is 1. The minimum Gasteiger partial charge on any atom is -0.481 e. The molecule has 1 rings (SSSR count). The summed E-state index contributed by atoms with van der Waals surface area (Å²) >= 11 is 0. The zero-order chi connectivity index (χ0) is 8.53. The SMILES string of the molecule is CCC(=O)O.S.c1ccccc1. The molecule has 0 saturated heterocycles. The van der Waals surface area contributed by atoms with Crippen LogP contribution in [0.4, 0.5) is 0 Å². The van der Waals surface area contributed by atoms with Crippen molar-refractivity contribution in [2.75, 3.05) is 0 Å². The van der Waals surface area contributed by atoms with Crippen LogP contribution >= 0.6 is 13.5 Å². The molecule has 0 bridgehead atoms. The summed E-state index contributed by atoms with van der Waals surface area (Å²) in [6, 6.07) is 12.0. The summed E-state index contributed by atoms with van der Waals surface area (Å²) in [6.45, 7) is 1.60. The molecule has 0 atom stereocenters. The Hall–Kier alpha value is -0.960. The summed E-state index contributed by atoms with van der Waals surface area (Å²) in [5.41, 5.74) is 0. The van der Waals surface area contributed by atoms with Gasteiger partial charge < -0.3 is 5.11 Å². The lowest BCUT2D eigenvalue weighted by Gasteiger charge is -1.71. The number of carboxylic acids is 1. The fraction of sp³-hybridized carbons (Fsp3) is 0.222. The van der Waals surface area contributed by atoms with Gasteiger partial charge in [0.25, 0.3) is 0 Å². The molecule has 0 aliphatic rings. The highest BCUT2D eigenvalue weighted by Gasteiger charge is 1.80. The maximum atomic E-state index is 9.37. The van der Waals surface area contributed by atoms with Gasteiger partial charge in [-0.3, -0.25) is 4.79 Å². The van der Waals surface area contributed by atoms with Crippen molar-refractivity contribution in [3.8, 4) is 0 Å². The van der Waals surface area contributed by atoms with Gasteiger partial charge in [-0.15, -0.1) is 0 Å². The maximum Gasteiger partial charge on any atom is 0.303 e. The number of benzene rings is 1. The van der Waals surface area contributed by atoms with Gasteiger partial charge in [-0.2, -0.15) is 13.5 Å². The molecule has 12 heavy (non-hydrogen) atoms. The first-order chi connectivity index (χ1) is 5.27. The van der Waals surface area contributed by atoms with Crippen molar-refractivity contribution in [2.24, 2.45) is 0 Å². The molecule has 0 radical (unpaired) electrons. The average Bonchev–Trinajstić information content (AvgIpc) is 2.09. The lowest BCUT2D eigenvalue weighted by Crippen LogP contribution is -1.86. The molecule has 1 aromatic rings. The molecule has 0 aliphatic heterocycles. The van der Waals surface area contributed by atoms with E-state index in [4.69, 9.17) is 5.11 Å². The Balaban J connectivity index is 0. The fourth-order valence-electron chi connectivity index (χ4n) is 0.385. The Bertz CT molecular complexity index is 160. The van der Waals surface area contributed by atoms with Gasteiger partial charge in [0.2, 0.25) is 0 Å². The normalized spacial score (nSPS) is 7.08. The zero-order valence-corrected chi connectivity index (χ0v) is 8.03. The highest BCUT2D eigenvalue weighted by Crippen LogP contribution is 1.79. The highest BCUT2D eigenvalue weighted by molar-refractivity contribution is 7.59. The van der Waals surface area contributed by atoms with E-state index in [-0.39, 0.29) is 19.9 Å². The molecule has 0 aromatic heterocycles. The van der Waals surface area contributed by atoms with Crippen LogP contribution in [-0.4, -0.2) is 11.1 Å². The molecular formula is C9H14O2S. The van der Waals surface area contributed by atoms with E-state index in [1.807, 2.05) is 36.4 Å². The molecule has 0 saturated carbocycles. The third-order valence-corrected chi connectivity index (χ3v) is 0.969. The van der Waals surface area contributed by atoms with Crippen LogP contribution < -0.4 is 0 Å². The van der Waals surface area contributed by atoms with E-state index in [0.717, 1.165) is 0 Å². The molecule has 1 N–H and O–H groups in total. The van der Waals surface area contributed by atoms with Crippen LogP contribution in [0.3, 0.4) is 0 Å². The fourth-order valence-corrected chi connectivity index (χ4v) is 0.385. The Morgan fingerprint density at radius 3 is 1.33 bits per heavy atom. The monoisotopic (exact) mass is 186 g/mol. The number of hydrogen-bond donors (Lipinski definition) is 1. The van der Waals surface area contributed by atoms with Crippen LogP contribution in [0.2, 0.25) is 0 Å². The van der Waals surface area contributed by atoms with E-state index < -0.39 is 5.97 Å². The summed E-state index contributed by atoms with van der Waals surface area (Å²) in [5.74, 6) is -0.745. The summed E-state index contributed by atoms with van der Waals surface area (Å²) in [5, 5.41) is 7.72. The van der Waals surface area contributed by atoms with Crippen LogP contribution in [0, 0.1) is 0 Å². The molecule has 0 unspecified atom stereocenters. The van der Waals surface area contributed by atoms with Gasteiger partial charge >= 0.3 is 5.97 Å². The van der Waals surface area contributed by atoms with Gasteiger partial charge in [0.15, 0.2) is 0 Å². The van der Waals surface area contributed by atoms with Crippen molar-refractivity contribution < 1.29 is 9.90 Å². The molecule has 1 aromatic carbocycles. The summed E-state index contributed by atoms with van der Waals surface area (Å²) in [7, 11) is 0. The van der Waals surface area contributed by atoms with E-state index in [1.54, 1.807) is 6.92 Å². The highest BCUT2D eigenvalue weighted by atomic mass is 32.1. The van der Waals surface area contributed by atoms with E-state index in [0.29, 0.717) is 0 Å². The van der Waals surface area contributed by atoms with Crippen molar-refractivity contribution in [3.05, 3.63) is 36.4 Å². The topological polar surface area (TPSA) is 37.3 Å². The van der Waals surface area contributed by atoms with Crippen LogP contribution in [0.25, 0.3) is 0 Å². The molecule has 0 fully saturated rings. The lowest BCUT2D eigenvalue weighted by atomic mass is 10.4. The van der Waals surface area contributed by atoms with Crippen LogP contribution in [0.15, 0.2) is 36.4 Å². The van der Waals surface area contributed by atoms with Gasteiger partial charge in [-0.25, -0.2) is 0 Å². The van der Waals surface area contributed by atoms with Gasteiger partial charge in [0.1, 0.15) is 0 Å². The van der Waals surface area contributed by atoms with Gasteiger partial charge in [0.05, 0.1) is 0 Å². The number of hydrogen-bond acceptors (Lipinski definition) is 1. The Morgan fingerprint density at radius 1 is 1.08 bits per heavy atom. The predicted octanol–water partition coefficient (Wildman–Crippen LogP) is 2.28. The van der Waals surface area contributed by atoms with Crippen LogP contribution in [0.5, 0.6) is 0 Å². The standard InChI is InChI=1S/C6H6.C3H6O2.H2S/c1-2-4-6-5-3-1;1-2-3(4)5;/h1-6H;2H2,1H3,(H,4,5);1H2. The third-order valence-electron chi connectivity index (χ3n) is 0.969. The Morgan fingerprint density at radius 2 is 1.25 bits per heavy atom. The van der Waals surface area contributed by atoms with E-state index in [2.05, 4.69) is 0 Å². The first-order valence-corrected chi connectivity index (χ1v) is 3.49. The van der Waals surface area contributed by atoms with Crippen molar-refractivity contribution >= 4 is 19.5 Å². The second-order valence-corrected chi connectivity index (χ2v) is 1.90. The second kappa shape index (κ2) is 10.0. The number of aliphatic carboxylic acids is 1. The first kappa shape index (κ1) is 13.6. The third kappa shape index (κ3) is 11.8. The average molecular weight is 186 g/mol. The number of carbonyl (C=O) groups is 1.